The molecule has 7 heteroatoms. The van der Waals surface area contributed by atoms with Gasteiger partial charge in [0.2, 0.25) is 5.91 Å². The number of aromatic nitrogens is 3. The van der Waals surface area contributed by atoms with E-state index in [1.807, 2.05) is 11.0 Å². The van der Waals surface area contributed by atoms with Crippen molar-refractivity contribution >= 4 is 16.8 Å². The Morgan fingerprint density at radius 2 is 2.08 bits per heavy atom. The maximum atomic E-state index is 12.7. The van der Waals surface area contributed by atoms with E-state index < -0.39 is 0 Å². The molecule has 2 aromatic rings. The lowest BCUT2D eigenvalue weighted by atomic mass is 9.90. The second-order valence-corrected chi connectivity index (χ2v) is 6.73. The fourth-order valence-electron chi connectivity index (χ4n) is 3.92. The highest BCUT2D eigenvalue weighted by Gasteiger charge is 2.36. The summed E-state index contributed by atoms with van der Waals surface area (Å²) < 4.78 is 7.11. The van der Waals surface area contributed by atoms with Crippen LogP contribution in [0, 0.1) is 0 Å². The van der Waals surface area contributed by atoms with E-state index in [0.717, 1.165) is 19.3 Å². The van der Waals surface area contributed by atoms with Gasteiger partial charge in [-0.1, -0.05) is 30.2 Å². The first-order valence-electron chi connectivity index (χ1n) is 8.97. The number of hydrogen-bond donors (Lipinski definition) is 0. The van der Waals surface area contributed by atoms with Crippen LogP contribution in [0.3, 0.4) is 0 Å². The SMILES string of the molecule is O=C(CCn1nnc2ccccc2c1=O)N1CCO[C@@H]2CCCC[C@H]21. The van der Waals surface area contributed by atoms with Gasteiger partial charge >= 0.3 is 0 Å². The molecule has 1 aromatic carbocycles. The number of rotatable bonds is 3. The number of morpholine rings is 1. The zero-order valence-electron chi connectivity index (χ0n) is 14.1. The van der Waals surface area contributed by atoms with Gasteiger partial charge in [0.1, 0.15) is 5.52 Å². The van der Waals surface area contributed by atoms with Crippen molar-refractivity contribution < 1.29 is 9.53 Å². The van der Waals surface area contributed by atoms with Gasteiger partial charge in [-0.05, 0) is 25.0 Å². The minimum atomic E-state index is -0.198. The quantitative estimate of drug-likeness (QED) is 0.841. The molecule has 2 heterocycles. The van der Waals surface area contributed by atoms with Gasteiger partial charge in [0.15, 0.2) is 0 Å². The zero-order valence-corrected chi connectivity index (χ0v) is 14.1. The topological polar surface area (TPSA) is 77.3 Å². The molecule has 0 radical (unpaired) electrons. The van der Waals surface area contributed by atoms with Crippen LogP contribution in [-0.4, -0.2) is 51.1 Å². The van der Waals surface area contributed by atoms with E-state index in [1.54, 1.807) is 18.2 Å². The van der Waals surface area contributed by atoms with E-state index in [1.165, 1.54) is 11.1 Å². The highest BCUT2D eigenvalue weighted by Crippen LogP contribution is 2.28. The summed E-state index contributed by atoms with van der Waals surface area (Å²) in [5.41, 5.74) is 0.379. The third-order valence-electron chi connectivity index (χ3n) is 5.22. The number of aryl methyl sites for hydroxylation is 1. The fourth-order valence-corrected chi connectivity index (χ4v) is 3.92. The predicted octanol–water partition coefficient (Wildman–Crippen LogP) is 1.35. The van der Waals surface area contributed by atoms with Gasteiger partial charge in [0.05, 0.1) is 30.7 Å². The summed E-state index contributed by atoms with van der Waals surface area (Å²) >= 11 is 0. The molecule has 1 aliphatic carbocycles. The van der Waals surface area contributed by atoms with Crippen molar-refractivity contribution in [1.82, 2.24) is 19.9 Å². The Hall–Kier alpha value is -2.28. The molecule has 1 aromatic heterocycles. The molecule has 1 amide bonds. The van der Waals surface area contributed by atoms with Crippen LogP contribution in [0.4, 0.5) is 0 Å². The van der Waals surface area contributed by atoms with Gasteiger partial charge in [-0.15, -0.1) is 5.10 Å². The average Bonchev–Trinajstić information content (AvgIpc) is 2.67. The minimum absolute atomic E-state index is 0.0714. The summed E-state index contributed by atoms with van der Waals surface area (Å²) in [5.74, 6) is 0.0714. The zero-order chi connectivity index (χ0) is 17.2. The summed E-state index contributed by atoms with van der Waals surface area (Å²) in [5, 5.41) is 8.56. The molecule has 0 bridgehead atoms. The molecular formula is C18H22N4O3. The Kier molecular flexibility index (Phi) is 4.48. The van der Waals surface area contributed by atoms with Gasteiger partial charge in [-0.3, -0.25) is 9.59 Å². The number of nitrogens with zero attached hydrogens (tertiary/aromatic N) is 4. The van der Waals surface area contributed by atoms with Crippen LogP contribution in [0.25, 0.3) is 10.9 Å². The van der Waals surface area contributed by atoms with Crippen LogP contribution in [0.1, 0.15) is 32.1 Å². The number of carbonyl (C=O) groups excluding carboxylic acids is 1. The lowest BCUT2D eigenvalue weighted by Gasteiger charge is -2.43. The number of amides is 1. The van der Waals surface area contributed by atoms with Crippen LogP contribution >= 0.6 is 0 Å². The first-order chi connectivity index (χ1) is 12.2. The average molecular weight is 342 g/mol. The van der Waals surface area contributed by atoms with Crippen LogP contribution in [0.2, 0.25) is 0 Å². The lowest BCUT2D eigenvalue weighted by Crippen LogP contribution is -2.55. The molecule has 0 spiro atoms. The molecule has 1 saturated heterocycles. The Balaban J connectivity index is 1.46. The maximum absolute atomic E-state index is 12.7. The van der Waals surface area contributed by atoms with Crippen LogP contribution in [0.15, 0.2) is 29.1 Å². The molecule has 0 N–H and O–H groups in total. The van der Waals surface area contributed by atoms with Crippen molar-refractivity contribution in [3.8, 4) is 0 Å². The largest absolute Gasteiger partial charge is 0.374 e. The summed E-state index contributed by atoms with van der Waals surface area (Å²) in [7, 11) is 0. The van der Waals surface area contributed by atoms with Crippen molar-refractivity contribution in [3.63, 3.8) is 0 Å². The van der Waals surface area contributed by atoms with E-state index in [2.05, 4.69) is 10.3 Å². The summed E-state index contributed by atoms with van der Waals surface area (Å²) in [6, 6.07) is 7.31. The Labute approximate surface area is 145 Å². The van der Waals surface area contributed by atoms with E-state index in [0.29, 0.717) is 24.1 Å². The maximum Gasteiger partial charge on any atom is 0.277 e. The monoisotopic (exact) mass is 342 g/mol. The van der Waals surface area contributed by atoms with E-state index >= 15 is 0 Å². The molecule has 2 fully saturated rings. The van der Waals surface area contributed by atoms with Crippen molar-refractivity contribution in [3.05, 3.63) is 34.6 Å². The number of carbonyl (C=O) groups is 1. The molecule has 7 nitrogen and oxygen atoms in total. The van der Waals surface area contributed by atoms with Crippen molar-refractivity contribution in [2.75, 3.05) is 13.2 Å². The molecular weight excluding hydrogens is 320 g/mol. The van der Waals surface area contributed by atoms with Crippen molar-refractivity contribution in [1.29, 1.82) is 0 Å². The Morgan fingerprint density at radius 1 is 1.24 bits per heavy atom. The van der Waals surface area contributed by atoms with Crippen LogP contribution in [0.5, 0.6) is 0 Å². The van der Waals surface area contributed by atoms with E-state index in [4.69, 9.17) is 4.74 Å². The predicted molar refractivity (Wildman–Crippen MR) is 92.1 cm³/mol. The Bertz CT molecular complexity index is 832. The first kappa shape index (κ1) is 16.2. The number of ether oxygens (including phenoxy) is 1. The van der Waals surface area contributed by atoms with E-state index in [9.17, 15) is 9.59 Å². The molecule has 2 atom stereocenters. The molecule has 1 aliphatic heterocycles. The number of hydrogen-bond acceptors (Lipinski definition) is 5. The van der Waals surface area contributed by atoms with Crippen molar-refractivity contribution in [2.24, 2.45) is 0 Å². The standard InChI is InChI=1S/C18H22N4O3/c23-17(21-11-12-25-16-8-4-3-7-15(16)21)9-10-22-18(24)13-5-1-2-6-14(13)19-20-22/h1-2,5-6,15-16H,3-4,7-12H2/t15-,16-/m1/s1. The van der Waals surface area contributed by atoms with Gasteiger partial charge in [0.25, 0.3) is 5.56 Å². The van der Waals surface area contributed by atoms with Crippen LogP contribution in [-0.2, 0) is 16.1 Å². The fraction of sp³-hybridized carbons (Fsp3) is 0.556. The third kappa shape index (κ3) is 3.16. The molecule has 132 valence electrons. The molecule has 0 unspecified atom stereocenters. The highest BCUT2D eigenvalue weighted by atomic mass is 16.5. The number of benzene rings is 1. The minimum Gasteiger partial charge on any atom is -0.374 e. The molecule has 4 rings (SSSR count). The summed E-state index contributed by atoms with van der Waals surface area (Å²) in [4.78, 5) is 27.1. The van der Waals surface area contributed by atoms with Gasteiger partial charge in [-0.25, -0.2) is 4.68 Å². The molecule has 25 heavy (non-hydrogen) atoms. The van der Waals surface area contributed by atoms with Crippen LogP contribution < -0.4 is 5.56 Å². The highest BCUT2D eigenvalue weighted by molar-refractivity contribution is 5.77. The van der Waals surface area contributed by atoms with E-state index in [-0.39, 0.29) is 36.6 Å². The smallest absolute Gasteiger partial charge is 0.277 e. The molecule has 1 saturated carbocycles. The Morgan fingerprint density at radius 3 is 3.00 bits per heavy atom. The second kappa shape index (κ2) is 6.92. The van der Waals surface area contributed by atoms with Gasteiger partial charge < -0.3 is 9.64 Å². The second-order valence-electron chi connectivity index (χ2n) is 6.73. The summed E-state index contributed by atoms with van der Waals surface area (Å²) in [6.45, 7) is 1.49. The number of fused-ring (bicyclic) bond motifs is 2. The normalized spacial score (nSPS) is 23.4. The summed E-state index contributed by atoms with van der Waals surface area (Å²) in [6.07, 6.45) is 4.79. The van der Waals surface area contributed by atoms with Gasteiger partial charge in [0, 0.05) is 13.0 Å². The van der Waals surface area contributed by atoms with Gasteiger partial charge in [-0.2, -0.15) is 0 Å². The first-order valence-corrected chi connectivity index (χ1v) is 8.97. The third-order valence-corrected chi connectivity index (χ3v) is 5.22. The molecule has 2 aliphatic rings. The van der Waals surface area contributed by atoms with Crippen molar-refractivity contribution in [2.45, 2.75) is 50.8 Å². The lowest BCUT2D eigenvalue weighted by molar-refractivity contribution is -0.149.